The maximum atomic E-state index is 4.44. The molecule has 0 radical (unpaired) electrons. The Hall–Kier alpha value is -1.84. The molecule has 0 atom stereocenters. The SMILES string of the molecule is Cc1cnccc1Cn1ccnc1NC1CCCC1. The number of anilines is 1. The molecule has 0 saturated heterocycles. The zero-order valence-electron chi connectivity index (χ0n) is 11.3. The zero-order chi connectivity index (χ0) is 13.1. The second kappa shape index (κ2) is 5.43. The number of aromatic nitrogens is 3. The van der Waals surface area contributed by atoms with E-state index in [0.717, 1.165) is 12.5 Å². The normalized spacial score (nSPS) is 15.8. The van der Waals surface area contributed by atoms with Gasteiger partial charge in [0.2, 0.25) is 5.95 Å². The van der Waals surface area contributed by atoms with Crippen LogP contribution in [0.2, 0.25) is 0 Å². The van der Waals surface area contributed by atoms with Gasteiger partial charge in [0.1, 0.15) is 0 Å². The van der Waals surface area contributed by atoms with Gasteiger partial charge in [0.25, 0.3) is 0 Å². The fourth-order valence-electron chi connectivity index (χ4n) is 2.69. The van der Waals surface area contributed by atoms with Crippen LogP contribution in [0.5, 0.6) is 0 Å². The van der Waals surface area contributed by atoms with Crippen LogP contribution in [0, 0.1) is 6.92 Å². The van der Waals surface area contributed by atoms with Crippen LogP contribution in [0.15, 0.2) is 30.9 Å². The first kappa shape index (κ1) is 12.2. The summed E-state index contributed by atoms with van der Waals surface area (Å²) in [5, 5.41) is 3.57. The summed E-state index contributed by atoms with van der Waals surface area (Å²) in [6.07, 6.45) is 12.9. The van der Waals surface area contributed by atoms with Crippen LogP contribution in [0.3, 0.4) is 0 Å². The summed E-state index contributed by atoms with van der Waals surface area (Å²) in [5.74, 6) is 0.989. The number of aryl methyl sites for hydroxylation is 1. The highest BCUT2D eigenvalue weighted by molar-refractivity contribution is 5.31. The molecular formula is C15H20N4. The summed E-state index contributed by atoms with van der Waals surface area (Å²) in [6.45, 7) is 2.95. The first-order valence-electron chi connectivity index (χ1n) is 7.00. The molecule has 1 saturated carbocycles. The van der Waals surface area contributed by atoms with Crippen molar-refractivity contribution in [1.82, 2.24) is 14.5 Å². The summed E-state index contributed by atoms with van der Waals surface area (Å²) in [4.78, 5) is 8.58. The van der Waals surface area contributed by atoms with Crippen molar-refractivity contribution in [3.05, 3.63) is 42.0 Å². The van der Waals surface area contributed by atoms with E-state index in [2.05, 4.69) is 32.8 Å². The molecule has 1 aliphatic carbocycles. The lowest BCUT2D eigenvalue weighted by molar-refractivity contribution is 0.715. The zero-order valence-corrected chi connectivity index (χ0v) is 11.3. The molecule has 100 valence electrons. The van der Waals surface area contributed by atoms with Crippen LogP contribution in [0.4, 0.5) is 5.95 Å². The lowest BCUT2D eigenvalue weighted by Gasteiger charge is -2.15. The molecule has 3 rings (SSSR count). The Morgan fingerprint density at radius 3 is 2.95 bits per heavy atom. The largest absolute Gasteiger partial charge is 0.353 e. The van der Waals surface area contributed by atoms with Crippen molar-refractivity contribution in [2.75, 3.05) is 5.32 Å². The predicted molar refractivity (Wildman–Crippen MR) is 76.2 cm³/mol. The quantitative estimate of drug-likeness (QED) is 0.914. The minimum absolute atomic E-state index is 0.597. The summed E-state index contributed by atoms with van der Waals surface area (Å²) < 4.78 is 2.18. The standard InChI is InChI=1S/C15H20N4/c1-12-10-16-7-6-13(12)11-19-9-8-17-15(19)18-14-4-2-3-5-14/h6-10,14H,2-5,11H2,1H3,(H,17,18). The van der Waals surface area contributed by atoms with Crippen LogP contribution in [0.1, 0.15) is 36.8 Å². The molecule has 19 heavy (non-hydrogen) atoms. The first-order chi connectivity index (χ1) is 9.33. The summed E-state index contributed by atoms with van der Waals surface area (Å²) in [7, 11) is 0. The van der Waals surface area contributed by atoms with Gasteiger partial charge in [0, 0.05) is 30.8 Å². The Kier molecular flexibility index (Phi) is 3.49. The fourth-order valence-corrected chi connectivity index (χ4v) is 2.69. The average molecular weight is 256 g/mol. The molecule has 0 aromatic carbocycles. The van der Waals surface area contributed by atoms with Crippen molar-refractivity contribution in [2.24, 2.45) is 0 Å². The third kappa shape index (κ3) is 2.78. The van der Waals surface area contributed by atoms with E-state index in [9.17, 15) is 0 Å². The average Bonchev–Trinajstić information content (AvgIpc) is 3.06. The Morgan fingerprint density at radius 2 is 2.16 bits per heavy atom. The van der Waals surface area contributed by atoms with Crippen molar-refractivity contribution in [2.45, 2.75) is 45.2 Å². The molecule has 0 aliphatic heterocycles. The van der Waals surface area contributed by atoms with Crippen molar-refractivity contribution in [3.63, 3.8) is 0 Å². The van der Waals surface area contributed by atoms with E-state index in [1.807, 2.05) is 24.8 Å². The first-order valence-corrected chi connectivity index (χ1v) is 7.00. The van der Waals surface area contributed by atoms with E-state index < -0.39 is 0 Å². The Bertz CT molecular complexity index is 541. The smallest absolute Gasteiger partial charge is 0.203 e. The van der Waals surface area contributed by atoms with Crippen molar-refractivity contribution in [1.29, 1.82) is 0 Å². The van der Waals surface area contributed by atoms with Gasteiger partial charge in [-0.3, -0.25) is 4.98 Å². The van der Waals surface area contributed by atoms with Gasteiger partial charge in [0.05, 0.1) is 6.54 Å². The van der Waals surface area contributed by atoms with Crippen LogP contribution < -0.4 is 5.32 Å². The van der Waals surface area contributed by atoms with Gasteiger partial charge in [0.15, 0.2) is 0 Å². The van der Waals surface area contributed by atoms with Gasteiger partial charge in [-0.05, 0) is 37.0 Å². The fraction of sp³-hybridized carbons (Fsp3) is 0.467. The van der Waals surface area contributed by atoms with Crippen molar-refractivity contribution >= 4 is 5.95 Å². The molecule has 1 fully saturated rings. The van der Waals surface area contributed by atoms with Crippen LogP contribution in [-0.2, 0) is 6.54 Å². The minimum atomic E-state index is 0.597. The molecule has 0 amide bonds. The van der Waals surface area contributed by atoms with Gasteiger partial charge >= 0.3 is 0 Å². The Labute approximate surface area is 113 Å². The highest BCUT2D eigenvalue weighted by Crippen LogP contribution is 2.22. The molecule has 2 heterocycles. The molecule has 4 heteroatoms. The highest BCUT2D eigenvalue weighted by Gasteiger charge is 2.16. The van der Waals surface area contributed by atoms with Gasteiger partial charge < -0.3 is 9.88 Å². The maximum absolute atomic E-state index is 4.44. The number of nitrogens with zero attached hydrogens (tertiary/aromatic N) is 3. The number of nitrogens with one attached hydrogen (secondary N) is 1. The molecule has 1 N–H and O–H groups in total. The van der Waals surface area contributed by atoms with E-state index in [1.165, 1.54) is 36.8 Å². The van der Waals surface area contributed by atoms with Crippen molar-refractivity contribution < 1.29 is 0 Å². The van der Waals surface area contributed by atoms with Crippen LogP contribution >= 0.6 is 0 Å². The van der Waals surface area contributed by atoms with E-state index in [4.69, 9.17) is 0 Å². The molecule has 1 aliphatic rings. The summed E-state index contributed by atoms with van der Waals surface area (Å²) in [6, 6.07) is 2.67. The molecule has 4 nitrogen and oxygen atoms in total. The van der Waals surface area contributed by atoms with E-state index >= 15 is 0 Å². The van der Waals surface area contributed by atoms with Crippen molar-refractivity contribution in [3.8, 4) is 0 Å². The van der Waals surface area contributed by atoms with Crippen LogP contribution in [-0.4, -0.2) is 20.6 Å². The van der Waals surface area contributed by atoms with Gasteiger partial charge in [-0.25, -0.2) is 4.98 Å². The molecule has 2 aromatic heterocycles. The number of hydrogen-bond acceptors (Lipinski definition) is 3. The molecule has 0 unspecified atom stereocenters. The van der Waals surface area contributed by atoms with Gasteiger partial charge in [-0.2, -0.15) is 0 Å². The van der Waals surface area contributed by atoms with Gasteiger partial charge in [-0.15, -0.1) is 0 Å². The van der Waals surface area contributed by atoms with E-state index in [1.54, 1.807) is 0 Å². The lowest BCUT2D eigenvalue weighted by Crippen LogP contribution is -2.18. The summed E-state index contributed by atoms with van der Waals surface area (Å²) >= 11 is 0. The molecule has 2 aromatic rings. The summed E-state index contributed by atoms with van der Waals surface area (Å²) in [5.41, 5.74) is 2.52. The second-order valence-electron chi connectivity index (χ2n) is 5.31. The number of pyridine rings is 1. The highest BCUT2D eigenvalue weighted by atomic mass is 15.2. The minimum Gasteiger partial charge on any atom is -0.353 e. The lowest BCUT2D eigenvalue weighted by atomic mass is 10.1. The maximum Gasteiger partial charge on any atom is 0.203 e. The topological polar surface area (TPSA) is 42.7 Å². The third-order valence-corrected chi connectivity index (χ3v) is 3.88. The third-order valence-electron chi connectivity index (χ3n) is 3.88. The van der Waals surface area contributed by atoms with Gasteiger partial charge in [-0.1, -0.05) is 12.8 Å². The Morgan fingerprint density at radius 1 is 1.32 bits per heavy atom. The van der Waals surface area contributed by atoms with Crippen LogP contribution in [0.25, 0.3) is 0 Å². The Balaban J connectivity index is 1.74. The molecular weight excluding hydrogens is 236 g/mol. The molecule has 0 spiro atoms. The molecule has 0 bridgehead atoms. The second-order valence-corrected chi connectivity index (χ2v) is 5.31. The van der Waals surface area contributed by atoms with E-state index in [-0.39, 0.29) is 0 Å². The van der Waals surface area contributed by atoms with E-state index in [0.29, 0.717) is 6.04 Å². The number of imidazole rings is 1. The predicted octanol–water partition coefficient (Wildman–Crippen LogP) is 2.99. The number of rotatable bonds is 4. The monoisotopic (exact) mass is 256 g/mol. The number of hydrogen-bond donors (Lipinski definition) is 1.